The Balaban J connectivity index is 2.36. The zero-order chi connectivity index (χ0) is 15.2. The molecule has 0 bridgehead atoms. The Morgan fingerprint density at radius 2 is 1.81 bits per heavy atom. The first-order valence-electron chi connectivity index (χ1n) is 7.38. The molecule has 2 nitrogen and oxygen atoms in total. The van der Waals surface area contributed by atoms with Crippen molar-refractivity contribution in [3.05, 3.63) is 64.2 Å². The van der Waals surface area contributed by atoms with Crippen LogP contribution in [0, 0.1) is 6.92 Å². The van der Waals surface area contributed by atoms with E-state index in [-0.39, 0.29) is 6.04 Å². The van der Waals surface area contributed by atoms with Crippen LogP contribution in [0.25, 0.3) is 0 Å². The zero-order valence-electron chi connectivity index (χ0n) is 12.8. The average Bonchev–Trinajstić information content (AvgIpc) is 2.49. The van der Waals surface area contributed by atoms with Crippen molar-refractivity contribution in [2.45, 2.75) is 26.8 Å². The molecule has 0 aliphatic carbocycles. The van der Waals surface area contributed by atoms with E-state index < -0.39 is 0 Å². The van der Waals surface area contributed by atoms with Crippen molar-refractivity contribution in [3.8, 4) is 5.75 Å². The number of rotatable bonds is 6. The highest BCUT2D eigenvalue weighted by molar-refractivity contribution is 6.32. The standard InChI is InChI=1S/C18H22ClNO/c1-4-20-18(16-8-6-7-13(3)17(16)19)14-9-11-15(12-10-14)21-5-2/h6-12,18,20H,4-5H2,1-3H3. The van der Waals surface area contributed by atoms with Crippen molar-refractivity contribution in [2.75, 3.05) is 13.2 Å². The lowest BCUT2D eigenvalue weighted by Gasteiger charge is -2.21. The molecule has 0 radical (unpaired) electrons. The summed E-state index contributed by atoms with van der Waals surface area (Å²) in [5.74, 6) is 0.895. The number of nitrogens with one attached hydrogen (secondary N) is 1. The molecule has 112 valence electrons. The Morgan fingerprint density at radius 1 is 1.10 bits per heavy atom. The maximum Gasteiger partial charge on any atom is 0.119 e. The van der Waals surface area contributed by atoms with Crippen molar-refractivity contribution in [3.63, 3.8) is 0 Å². The molecular weight excluding hydrogens is 282 g/mol. The number of benzene rings is 2. The third-order valence-electron chi connectivity index (χ3n) is 3.47. The van der Waals surface area contributed by atoms with Crippen LogP contribution in [0.5, 0.6) is 5.75 Å². The van der Waals surface area contributed by atoms with Crippen LogP contribution >= 0.6 is 11.6 Å². The molecule has 2 aromatic rings. The first kappa shape index (κ1) is 15.9. The smallest absolute Gasteiger partial charge is 0.119 e. The SMILES string of the molecule is CCNC(c1ccc(OCC)cc1)c1cccc(C)c1Cl. The summed E-state index contributed by atoms with van der Waals surface area (Å²) in [6.07, 6.45) is 0. The van der Waals surface area contributed by atoms with Gasteiger partial charge in [0.15, 0.2) is 0 Å². The van der Waals surface area contributed by atoms with Gasteiger partial charge in [-0.2, -0.15) is 0 Å². The van der Waals surface area contributed by atoms with Gasteiger partial charge in [-0.25, -0.2) is 0 Å². The van der Waals surface area contributed by atoms with E-state index in [0.717, 1.165) is 28.4 Å². The largest absolute Gasteiger partial charge is 0.494 e. The van der Waals surface area contributed by atoms with E-state index in [9.17, 15) is 0 Å². The molecule has 0 spiro atoms. The number of hydrogen-bond acceptors (Lipinski definition) is 2. The zero-order valence-corrected chi connectivity index (χ0v) is 13.6. The van der Waals surface area contributed by atoms with Crippen molar-refractivity contribution < 1.29 is 4.74 Å². The van der Waals surface area contributed by atoms with Gasteiger partial charge in [-0.05, 0) is 49.2 Å². The average molecular weight is 304 g/mol. The van der Waals surface area contributed by atoms with Gasteiger partial charge in [0.1, 0.15) is 5.75 Å². The molecule has 2 aromatic carbocycles. The van der Waals surface area contributed by atoms with Crippen molar-refractivity contribution >= 4 is 11.6 Å². The summed E-state index contributed by atoms with van der Waals surface area (Å²) >= 11 is 6.49. The van der Waals surface area contributed by atoms with E-state index in [0.29, 0.717) is 6.61 Å². The predicted octanol–water partition coefficient (Wildman–Crippen LogP) is 4.75. The molecular formula is C18H22ClNO. The lowest BCUT2D eigenvalue weighted by atomic mass is 9.97. The number of halogens is 1. The van der Waals surface area contributed by atoms with Crippen LogP contribution in [0.15, 0.2) is 42.5 Å². The monoisotopic (exact) mass is 303 g/mol. The molecule has 0 aliphatic heterocycles. The summed E-state index contributed by atoms with van der Waals surface area (Å²) in [4.78, 5) is 0. The Labute approximate surface area is 132 Å². The van der Waals surface area contributed by atoms with Crippen LogP contribution in [-0.4, -0.2) is 13.2 Å². The summed E-state index contributed by atoms with van der Waals surface area (Å²) < 4.78 is 5.50. The van der Waals surface area contributed by atoms with Gasteiger partial charge < -0.3 is 10.1 Å². The molecule has 1 atom stereocenters. The lowest BCUT2D eigenvalue weighted by Crippen LogP contribution is -2.22. The number of hydrogen-bond donors (Lipinski definition) is 1. The van der Waals surface area contributed by atoms with Crippen LogP contribution in [0.2, 0.25) is 5.02 Å². The van der Waals surface area contributed by atoms with Gasteiger partial charge >= 0.3 is 0 Å². The fraction of sp³-hybridized carbons (Fsp3) is 0.333. The Bertz CT molecular complexity index is 580. The van der Waals surface area contributed by atoms with Crippen LogP contribution in [-0.2, 0) is 0 Å². The quantitative estimate of drug-likeness (QED) is 0.832. The predicted molar refractivity (Wildman–Crippen MR) is 89.3 cm³/mol. The highest BCUT2D eigenvalue weighted by Crippen LogP contribution is 2.31. The number of ether oxygens (including phenoxy) is 1. The van der Waals surface area contributed by atoms with E-state index in [2.05, 4.69) is 36.5 Å². The van der Waals surface area contributed by atoms with Gasteiger partial charge in [0, 0.05) is 5.02 Å². The molecule has 21 heavy (non-hydrogen) atoms. The highest BCUT2D eigenvalue weighted by atomic mass is 35.5. The topological polar surface area (TPSA) is 21.3 Å². The third-order valence-corrected chi connectivity index (χ3v) is 3.98. The number of aryl methyl sites for hydroxylation is 1. The minimum absolute atomic E-state index is 0.0954. The molecule has 0 fully saturated rings. The fourth-order valence-corrected chi connectivity index (χ4v) is 2.66. The Kier molecular flexibility index (Phi) is 5.66. The normalized spacial score (nSPS) is 12.2. The summed E-state index contributed by atoms with van der Waals surface area (Å²) in [5, 5.41) is 4.34. The Morgan fingerprint density at radius 3 is 2.43 bits per heavy atom. The van der Waals surface area contributed by atoms with E-state index in [4.69, 9.17) is 16.3 Å². The van der Waals surface area contributed by atoms with E-state index in [1.54, 1.807) is 0 Å². The van der Waals surface area contributed by atoms with Gasteiger partial charge in [0.25, 0.3) is 0 Å². The third kappa shape index (κ3) is 3.78. The van der Waals surface area contributed by atoms with Crippen molar-refractivity contribution in [1.29, 1.82) is 0 Å². The maximum atomic E-state index is 6.49. The Hall–Kier alpha value is -1.51. The van der Waals surface area contributed by atoms with E-state index in [1.165, 1.54) is 5.56 Å². The molecule has 2 rings (SSSR count). The molecule has 3 heteroatoms. The van der Waals surface area contributed by atoms with Gasteiger partial charge in [-0.1, -0.05) is 48.9 Å². The lowest BCUT2D eigenvalue weighted by molar-refractivity contribution is 0.340. The fourth-order valence-electron chi connectivity index (χ4n) is 2.43. The maximum absolute atomic E-state index is 6.49. The van der Waals surface area contributed by atoms with E-state index >= 15 is 0 Å². The second-order valence-electron chi connectivity index (χ2n) is 4.97. The van der Waals surface area contributed by atoms with Crippen molar-refractivity contribution in [2.24, 2.45) is 0 Å². The first-order valence-corrected chi connectivity index (χ1v) is 7.76. The van der Waals surface area contributed by atoms with Gasteiger partial charge in [0.2, 0.25) is 0 Å². The van der Waals surface area contributed by atoms with Gasteiger partial charge in [-0.15, -0.1) is 0 Å². The van der Waals surface area contributed by atoms with Crippen LogP contribution < -0.4 is 10.1 Å². The molecule has 0 heterocycles. The highest BCUT2D eigenvalue weighted by Gasteiger charge is 2.16. The van der Waals surface area contributed by atoms with E-state index in [1.807, 2.05) is 32.0 Å². The summed E-state index contributed by atoms with van der Waals surface area (Å²) in [6, 6.07) is 14.5. The first-order chi connectivity index (χ1) is 10.2. The molecule has 0 saturated carbocycles. The van der Waals surface area contributed by atoms with Crippen LogP contribution in [0.4, 0.5) is 0 Å². The molecule has 0 aromatic heterocycles. The van der Waals surface area contributed by atoms with Gasteiger partial charge in [-0.3, -0.25) is 0 Å². The second kappa shape index (κ2) is 7.48. The summed E-state index contributed by atoms with van der Waals surface area (Å²) in [5.41, 5.74) is 3.40. The van der Waals surface area contributed by atoms with Crippen molar-refractivity contribution in [1.82, 2.24) is 5.32 Å². The minimum Gasteiger partial charge on any atom is -0.494 e. The van der Waals surface area contributed by atoms with Crippen LogP contribution in [0.3, 0.4) is 0 Å². The molecule has 1 unspecified atom stereocenters. The summed E-state index contributed by atoms with van der Waals surface area (Å²) in [6.45, 7) is 7.68. The van der Waals surface area contributed by atoms with Crippen LogP contribution in [0.1, 0.15) is 36.6 Å². The van der Waals surface area contributed by atoms with Gasteiger partial charge in [0.05, 0.1) is 12.6 Å². The molecule has 0 amide bonds. The molecule has 0 saturated heterocycles. The molecule has 1 N–H and O–H groups in total. The minimum atomic E-state index is 0.0954. The molecule has 0 aliphatic rings. The summed E-state index contributed by atoms with van der Waals surface area (Å²) in [7, 11) is 0. The second-order valence-corrected chi connectivity index (χ2v) is 5.35.